The van der Waals surface area contributed by atoms with Gasteiger partial charge in [0.2, 0.25) is 0 Å². The molecule has 1 aliphatic heterocycles. The summed E-state index contributed by atoms with van der Waals surface area (Å²) in [4.78, 5) is 40.9. The maximum absolute atomic E-state index is 14.0. The number of aliphatic hydroxyl groups excluding tert-OH is 2. The molecule has 2 atom stereocenters. The average Bonchev–Trinajstić information content (AvgIpc) is 3.02. The van der Waals surface area contributed by atoms with E-state index < -0.39 is 63.4 Å². The Kier molecular flexibility index (Phi) is 13.3. The van der Waals surface area contributed by atoms with Gasteiger partial charge in [-0.2, -0.15) is 0 Å². The number of carbonyl (C=O) groups excluding carboxylic acids is 3. The minimum atomic E-state index is -1.60. The summed E-state index contributed by atoms with van der Waals surface area (Å²) in [7, 11) is 0. The molecule has 0 unspecified atom stereocenters. The number of rotatable bonds is 16. The van der Waals surface area contributed by atoms with Gasteiger partial charge in [0, 0.05) is 30.4 Å². The van der Waals surface area contributed by atoms with Crippen LogP contribution in [-0.4, -0.2) is 43.4 Å². The van der Waals surface area contributed by atoms with E-state index in [0.717, 1.165) is 24.0 Å². The van der Waals surface area contributed by atoms with Gasteiger partial charge in [-0.05, 0) is 106 Å². The normalized spacial score (nSPS) is 20.4. The number of hydrogen-bond acceptors (Lipinski definition) is 8. The first-order chi connectivity index (χ1) is 23.4. The van der Waals surface area contributed by atoms with E-state index in [-0.39, 0.29) is 47.3 Å². The summed E-state index contributed by atoms with van der Waals surface area (Å²) in [6.07, 6.45) is 13.0. The number of fused-ring (bicyclic) bond motifs is 1. The van der Waals surface area contributed by atoms with Gasteiger partial charge in [-0.1, -0.05) is 48.8 Å². The first-order valence-corrected chi connectivity index (χ1v) is 17.8. The first kappa shape index (κ1) is 40.1. The molecule has 0 bridgehead atoms. The van der Waals surface area contributed by atoms with Gasteiger partial charge in [0.05, 0.1) is 11.0 Å². The predicted molar refractivity (Wildman–Crippen MR) is 199 cm³/mol. The molecule has 0 saturated carbocycles. The standard InChI is InChI=1S/C42H56O8/c1-10-14-31(43)33-36(46)29(35(45)28-20-22-41(8,50-38(28)33)21-13-17-26(5)6)24-30-37(47)34(32(44)15-11-2)40(49)42(9,39(30)48)23-19-27(7)18-12-16-25(3)4/h16-17,19-20,22,45-48H,10-15,18,21,23-24H2,1-9H3/b27-19+/t41-,42-/m1/s1. The van der Waals surface area contributed by atoms with Crippen LogP contribution in [0.4, 0.5) is 0 Å². The number of hydrogen-bond donors (Lipinski definition) is 4. The molecule has 0 saturated heterocycles. The van der Waals surface area contributed by atoms with Crippen molar-refractivity contribution in [3.8, 4) is 17.2 Å². The Morgan fingerprint density at radius 3 is 2.02 bits per heavy atom. The molecule has 0 aromatic heterocycles. The fourth-order valence-corrected chi connectivity index (χ4v) is 6.42. The molecule has 1 aromatic rings. The molecule has 1 heterocycles. The van der Waals surface area contributed by atoms with Crippen LogP contribution < -0.4 is 4.74 Å². The minimum Gasteiger partial charge on any atom is -0.511 e. The SMILES string of the molecule is CCCC(=O)C1=C(O)C(Cc2c(O)c3c(c(C(=O)CCC)c2O)O[C@](C)(CCC=C(C)C)C=C3)=C(O)[C@@](C)(C/C=C(\C)CCC=C(C)C)C1=O. The Bertz CT molecular complexity index is 1700. The second-order valence-corrected chi connectivity index (χ2v) is 14.7. The van der Waals surface area contributed by atoms with Gasteiger partial charge in [-0.15, -0.1) is 0 Å². The fraction of sp³-hybridized carbons (Fsp3) is 0.500. The number of benzene rings is 1. The lowest BCUT2D eigenvalue weighted by atomic mass is 9.69. The second kappa shape index (κ2) is 16.6. The third kappa shape index (κ3) is 8.69. The summed E-state index contributed by atoms with van der Waals surface area (Å²) < 4.78 is 6.39. The van der Waals surface area contributed by atoms with Crippen molar-refractivity contribution in [2.24, 2.45) is 5.41 Å². The largest absolute Gasteiger partial charge is 0.511 e. The zero-order chi connectivity index (χ0) is 37.6. The van der Waals surface area contributed by atoms with Crippen LogP contribution in [0.15, 0.2) is 63.7 Å². The Hall–Kier alpha value is -4.33. The van der Waals surface area contributed by atoms with Crippen molar-refractivity contribution in [2.45, 2.75) is 132 Å². The summed E-state index contributed by atoms with van der Waals surface area (Å²) in [5.74, 6) is -3.65. The minimum absolute atomic E-state index is 0.00631. The maximum Gasteiger partial charge on any atom is 0.183 e. The molecule has 0 radical (unpaired) electrons. The molecule has 0 spiro atoms. The predicted octanol–water partition coefficient (Wildman–Crippen LogP) is 10.2. The zero-order valence-electron chi connectivity index (χ0n) is 31.4. The Labute approximate surface area is 297 Å². The molecule has 8 heteroatoms. The van der Waals surface area contributed by atoms with Crippen LogP contribution in [0.25, 0.3) is 6.08 Å². The van der Waals surface area contributed by atoms with Crippen molar-refractivity contribution < 1.29 is 39.5 Å². The van der Waals surface area contributed by atoms with Crippen molar-refractivity contribution in [3.63, 3.8) is 0 Å². The van der Waals surface area contributed by atoms with E-state index in [0.29, 0.717) is 25.7 Å². The van der Waals surface area contributed by atoms with Gasteiger partial charge in [0.25, 0.3) is 0 Å². The van der Waals surface area contributed by atoms with Crippen molar-refractivity contribution in [2.75, 3.05) is 0 Å². The van der Waals surface area contributed by atoms with E-state index in [1.807, 2.05) is 54.5 Å². The molecule has 1 aliphatic carbocycles. The first-order valence-electron chi connectivity index (χ1n) is 17.8. The van der Waals surface area contributed by atoms with Crippen LogP contribution in [-0.2, 0) is 16.0 Å². The molecule has 2 aliphatic rings. The van der Waals surface area contributed by atoms with E-state index in [1.165, 1.54) is 12.5 Å². The lowest BCUT2D eigenvalue weighted by Gasteiger charge is -2.35. The van der Waals surface area contributed by atoms with E-state index in [4.69, 9.17) is 4.74 Å². The molecule has 8 nitrogen and oxygen atoms in total. The zero-order valence-corrected chi connectivity index (χ0v) is 31.4. The number of allylic oxidation sites excluding steroid dienone is 9. The van der Waals surface area contributed by atoms with Crippen molar-refractivity contribution in [3.05, 3.63) is 80.4 Å². The van der Waals surface area contributed by atoms with Gasteiger partial charge >= 0.3 is 0 Å². The highest BCUT2D eigenvalue weighted by molar-refractivity contribution is 6.24. The van der Waals surface area contributed by atoms with Crippen LogP contribution in [0, 0.1) is 5.41 Å². The number of ketones is 3. The summed E-state index contributed by atoms with van der Waals surface area (Å²) in [5.41, 5.74) is 0.305. The molecule has 4 N–H and O–H groups in total. The van der Waals surface area contributed by atoms with Crippen LogP contribution in [0.5, 0.6) is 17.2 Å². The Morgan fingerprint density at radius 1 is 0.820 bits per heavy atom. The van der Waals surface area contributed by atoms with Crippen molar-refractivity contribution in [1.29, 1.82) is 0 Å². The fourth-order valence-electron chi connectivity index (χ4n) is 6.42. The number of phenols is 2. The van der Waals surface area contributed by atoms with Gasteiger partial charge < -0.3 is 25.2 Å². The number of ether oxygens (including phenoxy) is 1. The Balaban J connectivity index is 2.23. The van der Waals surface area contributed by atoms with E-state index in [2.05, 4.69) is 12.2 Å². The molecule has 272 valence electrons. The smallest absolute Gasteiger partial charge is 0.183 e. The van der Waals surface area contributed by atoms with E-state index in [9.17, 15) is 34.8 Å². The van der Waals surface area contributed by atoms with Crippen LogP contribution >= 0.6 is 0 Å². The second-order valence-electron chi connectivity index (χ2n) is 14.7. The Morgan fingerprint density at radius 2 is 1.42 bits per heavy atom. The molecule has 50 heavy (non-hydrogen) atoms. The van der Waals surface area contributed by atoms with Gasteiger partial charge in [0.15, 0.2) is 17.3 Å². The van der Waals surface area contributed by atoms with E-state index in [1.54, 1.807) is 19.1 Å². The quantitative estimate of drug-likeness (QED) is 0.0764. The van der Waals surface area contributed by atoms with Crippen molar-refractivity contribution >= 4 is 23.4 Å². The summed E-state index contributed by atoms with van der Waals surface area (Å²) >= 11 is 0. The molecular formula is C42H56O8. The topological polar surface area (TPSA) is 141 Å². The lowest BCUT2D eigenvalue weighted by molar-refractivity contribution is -0.127. The molecule has 0 amide bonds. The van der Waals surface area contributed by atoms with Crippen molar-refractivity contribution in [1.82, 2.24) is 0 Å². The monoisotopic (exact) mass is 688 g/mol. The third-order valence-corrected chi connectivity index (χ3v) is 9.54. The lowest BCUT2D eigenvalue weighted by Crippen LogP contribution is -2.39. The van der Waals surface area contributed by atoms with Gasteiger partial charge in [-0.25, -0.2) is 0 Å². The van der Waals surface area contributed by atoms with Crippen LogP contribution in [0.3, 0.4) is 0 Å². The number of aromatic hydroxyl groups is 2. The molecule has 3 rings (SSSR count). The molecular weight excluding hydrogens is 632 g/mol. The highest BCUT2D eigenvalue weighted by Gasteiger charge is 2.48. The summed E-state index contributed by atoms with van der Waals surface area (Å²) in [6.45, 7) is 17.0. The van der Waals surface area contributed by atoms with Gasteiger partial charge in [0.1, 0.15) is 45.5 Å². The van der Waals surface area contributed by atoms with Crippen LogP contribution in [0.2, 0.25) is 0 Å². The van der Waals surface area contributed by atoms with E-state index >= 15 is 0 Å². The summed E-state index contributed by atoms with van der Waals surface area (Å²) in [5, 5.41) is 46.7. The number of carbonyl (C=O) groups is 3. The highest BCUT2D eigenvalue weighted by atomic mass is 16.5. The summed E-state index contributed by atoms with van der Waals surface area (Å²) in [6, 6.07) is 0. The number of phenolic OH excluding ortho intramolecular Hbond substituents is 2. The number of Topliss-reactive ketones (excluding diaryl/α,β-unsaturated/α-hetero) is 3. The van der Waals surface area contributed by atoms with Gasteiger partial charge in [-0.3, -0.25) is 14.4 Å². The van der Waals surface area contributed by atoms with Crippen LogP contribution in [0.1, 0.15) is 142 Å². The third-order valence-electron chi connectivity index (χ3n) is 9.54. The molecule has 0 fully saturated rings. The maximum atomic E-state index is 14.0. The number of aliphatic hydroxyl groups is 2. The molecule has 1 aromatic carbocycles. The average molecular weight is 689 g/mol. The highest BCUT2D eigenvalue weighted by Crippen LogP contribution is 2.51.